The van der Waals surface area contributed by atoms with Gasteiger partial charge in [-0.25, -0.2) is 9.97 Å². The van der Waals surface area contributed by atoms with E-state index in [0.29, 0.717) is 0 Å². The molecule has 1 aromatic carbocycles. The van der Waals surface area contributed by atoms with Crippen molar-refractivity contribution < 1.29 is 0 Å². The van der Waals surface area contributed by atoms with Crippen molar-refractivity contribution in [2.45, 2.75) is 97.3 Å². The van der Waals surface area contributed by atoms with Crippen LogP contribution in [0.25, 0.3) is 11.4 Å². The number of hydrogen-bond donors (Lipinski definition) is 0. The van der Waals surface area contributed by atoms with Gasteiger partial charge in [-0.15, -0.1) is 0 Å². The summed E-state index contributed by atoms with van der Waals surface area (Å²) in [5.74, 6) is 1.74. The second-order valence-corrected chi connectivity index (χ2v) is 8.63. The van der Waals surface area contributed by atoms with Gasteiger partial charge in [0.2, 0.25) is 0 Å². The first-order chi connectivity index (χ1) is 13.8. The lowest BCUT2D eigenvalue weighted by atomic mass is 9.84. The van der Waals surface area contributed by atoms with Gasteiger partial charge in [-0.3, -0.25) is 0 Å². The molecule has 0 radical (unpaired) electrons. The van der Waals surface area contributed by atoms with E-state index < -0.39 is 0 Å². The molecule has 28 heavy (non-hydrogen) atoms. The average Bonchev–Trinajstić information content (AvgIpc) is 2.74. The molecule has 0 bridgehead atoms. The Balaban J connectivity index is 1.53. The van der Waals surface area contributed by atoms with Gasteiger partial charge >= 0.3 is 0 Å². The predicted octanol–water partition coefficient (Wildman–Crippen LogP) is 7.34. The third-order valence-corrected chi connectivity index (χ3v) is 6.25. The monoisotopic (exact) mass is 378 g/mol. The molecule has 0 amide bonds. The smallest absolute Gasteiger partial charge is 0.159 e. The zero-order valence-corrected chi connectivity index (χ0v) is 18.1. The summed E-state index contributed by atoms with van der Waals surface area (Å²) in [5, 5.41) is 0. The summed E-state index contributed by atoms with van der Waals surface area (Å²) in [6.45, 7) is 4.56. The van der Waals surface area contributed by atoms with E-state index in [2.05, 4.69) is 44.3 Å². The molecule has 2 heteroatoms. The SMILES string of the molecule is CCCCCCCCc1ccc(-c2ncc3c(n2)CCC(CCCC)C3)cc1. The fraction of sp³-hybridized carbons (Fsp3) is 0.615. The molecular formula is C26H38N2. The van der Waals surface area contributed by atoms with Crippen molar-refractivity contribution in [1.29, 1.82) is 0 Å². The molecule has 0 saturated heterocycles. The first-order valence-electron chi connectivity index (χ1n) is 11.7. The maximum atomic E-state index is 4.92. The van der Waals surface area contributed by atoms with E-state index in [9.17, 15) is 0 Å². The predicted molar refractivity (Wildman–Crippen MR) is 120 cm³/mol. The van der Waals surface area contributed by atoms with Crippen molar-refractivity contribution in [2.24, 2.45) is 5.92 Å². The van der Waals surface area contributed by atoms with Crippen LogP contribution in [0.15, 0.2) is 30.5 Å². The van der Waals surface area contributed by atoms with Crippen molar-refractivity contribution in [3.63, 3.8) is 0 Å². The largest absolute Gasteiger partial charge is 0.236 e. The Morgan fingerprint density at radius 3 is 2.43 bits per heavy atom. The van der Waals surface area contributed by atoms with Crippen LogP contribution in [0.5, 0.6) is 0 Å². The number of hydrogen-bond acceptors (Lipinski definition) is 2. The number of rotatable bonds is 11. The average molecular weight is 379 g/mol. The molecule has 0 fully saturated rings. The summed E-state index contributed by atoms with van der Waals surface area (Å²) in [6, 6.07) is 8.96. The summed E-state index contributed by atoms with van der Waals surface area (Å²) < 4.78 is 0. The molecule has 1 aliphatic carbocycles. The van der Waals surface area contributed by atoms with Crippen LogP contribution in [-0.2, 0) is 19.3 Å². The molecule has 0 spiro atoms. The summed E-state index contributed by atoms with van der Waals surface area (Å²) >= 11 is 0. The van der Waals surface area contributed by atoms with Gasteiger partial charge < -0.3 is 0 Å². The molecule has 152 valence electrons. The van der Waals surface area contributed by atoms with Gasteiger partial charge in [-0.1, -0.05) is 89.5 Å². The van der Waals surface area contributed by atoms with Gasteiger partial charge in [0.15, 0.2) is 5.82 Å². The molecule has 2 nitrogen and oxygen atoms in total. The fourth-order valence-corrected chi connectivity index (χ4v) is 4.39. The molecule has 0 saturated carbocycles. The first kappa shape index (κ1) is 21.0. The Labute approximate surface area is 172 Å². The number of nitrogens with zero attached hydrogens (tertiary/aromatic N) is 2. The van der Waals surface area contributed by atoms with Crippen molar-refractivity contribution >= 4 is 0 Å². The van der Waals surface area contributed by atoms with Gasteiger partial charge in [0, 0.05) is 17.5 Å². The molecule has 1 atom stereocenters. The van der Waals surface area contributed by atoms with Crippen LogP contribution >= 0.6 is 0 Å². The molecule has 1 unspecified atom stereocenters. The van der Waals surface area contributed by atoms with E-state index in [1.165, 1.54) is 93.9 Å². The van der Waals surface area contributed by atoms with Crippen LogP contribution < -0.4 is 0 Å². The molecule has 2 aromatic rings. The van der Waals surface area contributed by atoms with Gasteiger partial charge in [0.25, 0.3) is 0 Å². The van der Waals surface area contributed by atoms with Crippen LogP contribution in [0.1, 0.15) is 94.9 Å². The van der Waals surface area contributed by atoms with Gasteiger partial charge in [0.05, 0.1) is 0 Å². The highest BCUT2D eigenvalue weighted by Gasteiger charge is 2.20. The standard InChI is InChI=1S/C26H38N2/c1-3-5-7-8-9-10-12-21-13-16-23(17-14-21)26-27-20-24-19-22(11-6-4-2)15-18-25(24)28-26/h13-14,16-17,20,22H,3-12,15,18-19H2,1-2H3. The van der Waals surface area contributed by atoms with Crippen LogP contribution in [0, 0.1) is 5.92 Å². The van der Waals surface area contributed by atoms with Crippen molar-refractivity contribution in [1.82, 2.24) is 9.97 Å². The lowest BCUT2D eigenvalue weighted by Gasteiger charge is -2.23. The summed E-state index contributed by atoms with van der Waals surface area (Å²) in [7, 11) is 0. The fourth-order valence-electron chi connectivity index (χ4n) is 4.39. The van der Waals surface area contributed by atoms with Crippen LogP contribution in [0.3, 0.4) is 0 Å². The van der Waals surface area contributed by atoms with E-state index in [4.69, 9.17) is 9.97 Å². The molecule has 1 aromatic heterocycles. The third kappa shape index (κ3) is 6.15. The topological polar surface area (TPSA) is 25.8 Å². The molecule has 1 heterocycles. The van der Waals surface area contributed by atoms with Crippen molar-refractivity contribution in [3.05, 3.63) is 47.3 Å². The van der Waals surface area contributed by atoms with Crippen LogP contribution in [0.4, 0.5) is 0 Å². The Bertz CT molecular complexity index is 705. The Morgan fingerprint density at radius 1 is 0.893 bits per heavy atom. The minimum atomic E-state index is 0.836. The van der Waals surface area contributed by atoms with E-state index >= 15 is 0 Å². The van der Waals surface area contributed by atoms with Gasteiger partial charge in [-0.05, 0) is 49.1 Å². The van der Waals surface area contributed by atoms with E-state index in [1.54, 1.807) is 0 Å². The molecular weight excluding hydrogens is 340 g/mol. The van der Waals surface area contributed by atoms with Crippen molar-refractivity contribution in [2.75, 3.05) is 0 Å². The highest BCUT2D eigenvalue weighted by Crippen LogP contribution is 2.29. The van der Waals surface area contributed by atoms with E-state index in [1.807, 2.05) is 0 Å². The highest BCUT2D eigenvalue weighted by molar-refractivity contribution is 5.55. The molecule has 3 rings (SSSR count). The zero-order chi connectivity index (χ0) is 19.6. The molecule has 0 aliphatic heterocycles. The van der Waals surface area contributed by atoms with Crippen LogP contribution in [0.2, 0.25) is 0 Å². The second-order valence-electron chi connectivity index (χ2n) is 8.63. The minimum Gasteiger partial charge on any atom is -0.236 e. The molecule has 0 N–H and O–H groups in total. The van der Waals surface area contributed by atoms with E-state index in [0.717, 1.165) is 23.7 Å². The summed E-state index contributed by atoms with van der Waals surface area (Å²) in [4.78, 5) is 9.62. The van der Waals surface area contributed by atoms with Gasteiger partial charge in [-0.2, -0.15) is 0 Å². The number of aryl methyl sites for hydroxylation is 2. The number of fused-ring (bicyclic) bond motifs is 1. The lowest BCUT2D eigenvalue weighted by Crippen LogP contribution is -2.16. The first-order valence-corrected chi connectivity index (χ1v) is 11.7. The zero-order valence-electron chi connectivity index (χ0n) is 18.1. The quantitative estimate of drug-likeness (QED) is 0.382. The third-order valence-electron chi connectivity index (χ3n) is 6.25. The molecule has 1 aliphatic rings. The van der Waals surface area contributed by atoms with Crippen LogP contribution in [-0.4, -0.2) is 9.97 Å². The van der Waals surface area contributed by atoms with Crippen molar-refractivity contribution in [3.8, 4) is 11.4 Å². The number of unbranched alkanes of at least 4 members (excludes halogenated alkanes) is 6. The number of benzene rings is 1. The normalized spacial score (nSPS) is 16.1. The highest BCUT2D eigenvalue weighted by atomic mass is 14.9. The Hall–Kier alpha value is -1.70. The van der Waals surface area contributed by atoms with E-state index in [-0.39, 0.29) is 0 Å². The van der Waals surface area contributed by atoms with Gasteiger partial charge in [0.1, 0.15) is 0 Å². The maximum Gasteiger partial charge on any atom is 0.159 e. The summed E-state index contributed by atoms with van der Waals surface area (Å²) in [5.41, 5.74) is 5.27. The number of aromatic nitrogens is 2. The Kier molecular flexibility index (Phi) is 8.51. The maximum absolute atomic E-state index is 4.92. The Morgan fingerprint density at radius 2 is 1.64 bits per heavy atom. The summed E-state index contributed by atoms with van der Waals surface area (Å²) in [6.07, 6.45) is 19.0. The lowest BCUT2D eigenvalue weighted by molar-refractivity contribution is 0.408. The minimum absolute atomic E-state index is 0.836. The second kappa shape index (κ2) is 11.3.